The third kappa shape index (κ3) is 63.9. The van der Waals surface area contributed by atoms with E-state index < -0.39 is 97.5 Å². The molecule has 0 aliphatic carbocycles. The molecular formula is C72H140O17P2. The molecule has 0 aromatic rings. The van der Waals surface area contributed by atoms with Crippen LogP contribution in [0.4, 0.5) is 0 Å². The molecule has 540 valence electrons. The molecule has 0 aliphatic heterocycles. The molecule has 0 spiro atoms. The zero-order chi connectivity index (χ0) is 67.3. The summed E-state index contributed by atoms with van der Waals surface area (Å²) in [5.74, 6) is 0.236. The molecular weight excluding hydrogens is 1200 g/mol. The summed E-state index contributed by atoms with van der Waals surface area (Å²) in [6.07, 6.45) is 47.6. The maximum Gasteiger partial charge on any atom is 0.472 e. The van der Waals surface area contributed by atoms with Crippen LogP contribution in [0.2, 0.25) is 0 Å². The largest absolute Gasteiger partial charge is 0.472 e. The number of aliphatic hydroxyl groups is 1. The Hall–Kier alpha value is -1.94. The van der Waals surface area contributed by atoms with Gasteiger partial charge in [-0.05, 0) is 43.4 Å². The highest BCUT2D eigenvalue weighted by atomic mass is 31.2. The van der Waals surface area contributed by atoms with Gasteiger partial charge in [0.1, 0.15) is 19.3 Å². The SMILES string of the molecule is CCCCCCCC(=O)OC[C@H](COP(=O)(O)OC[C@H](O)COP(=O)(O)OC[C@@H](COC(=O)CCCCCCCCCCCCCCCCC(C)CC)OC(=O)CCCCCCCCCCCCCCCCCC(C)C)OC(=O)CCCCCCCCC(C)CC. The molecule has 4 unspecified atom stereocenters. The number of hydrogen-bond acceptors (Lipinski definition) is 15. The molecule has 0 fully saturated rings. The highest BCUT2D eigenvalue weighted by molar-refractivity contribution is 7.47. The minimum Gasteiger partial charge on any atom is -0.462 e. The Bertz CT molecular complexity index is 1790. The van der Waals surface area contributed by atoms with Crippen molar-refractivity contribution in [3.05, 3.63) is 0 Å². The summed E-state index contributed by atoms with van der Waals surface area (Å²) in [6.45, 7) is 11.8. The highest BCUT2D eigenvalue weighted by Crippen LogP contribution is 2.45. The summed E-state index contributed by atoms with van der Waals surface area (Å²) in [4.78, 5) is 72.3. The van der Waals surface area contributed by atoms with E-state index in [9.17, 15) is 43.2 Å². The molecule has 17 nitrogen and oxygen atoms in total. The van der Waals surface area contributed by atoms with Crippen molar-refractivity contribution in [2.45, 2.75) is 381 Å². The van der Waals surface area contributed by atoms with Gasteiger partial charge in [0, 0.05) is 25.7 Å². The Kier molecular flexibility index (Phi) is 61.5. The summed E-state index contributed by atoms with van der Waals surface area (Å²) >= 11 is 0. The molecule has 0 aromatic carbocycles. The molecule has 0 aliphatic rings. The van der Waals surface area contributed by atoms with Crippen LogP contribution in [-0.2, 0) is 65.4 Å². The Morgan fingerprint density at radius 2 is 0.560 bits per heavy atom. The Morgan fingerprint density at radius 1 is 0.319 bits per heavy atom. The Balaban J connectivity index is 5.15. The van der Waals surface area contributed by atoms with Gasteiger partial charge in [-0.2, -0.15) is 0 Å². The molecule has 0 saturated heterocycles. The Labute approximate surface area is 556 Å². The second-order valence-corrected chi connectivity index (χ2v) is 29.8. The molecule has 0 radical (unpaired) electrons. The molecule has 7 atom stereocenters. The Morgan fingerprint density at radius 3 is 0.835 bits per heavy atom. The van der Waals surface area contributed by atoms with E-state index in [0.717, 1.165) is 114 Å². The summed E-state index contributed by atoms with van der Waals surface area (Å²) < 4.78 is 68.1. The van der Waals surface area contributed by atoms with Crippen LogP contribution in [0.25, 0.3) is 0 Å². The molecule has 0 saturated carbocycles. The molecule has 0 amide bonds. The lowest BCUT2D eigenvalue weighted by atomic mass is 9.99. The van der Waals surface area contributed by atoms with Crippen molar-refractivity contribution in [3.63, 3.8) is 0 Å². The van der Waals surface area contributed by atoms with Gasteiger partial charge in [0.25, 0.3) is 0 Å². The first-order valence-electron chi connectivity index (χ1n) is 37.4. The minimum atomic E-state index is -4.95. The van der Waals surface area contributed by atoms with Crippen LogP contribution in [-0.4, -0.2) is 96.7 Å². The lowest BCUT2D eigenvalue weighted by Crippen LogP contribution is -2.30. The van der Waals surface area contributed by atoms with Crippen LogP contribution in [0.3, 0.4) is 0 Å². The van der Waals surface area contributed by atoms with Crippen LogP contribution in [0, 0.1) is 17.8 Å². The van der Waals surface area contributed by atoms with Crippen LogP contribution in [0.5, 0.6) is 0 Å². The fourth-order valence-electron chi connectivity index (χ4n) is 10.8. The topological polar surface area (TPSA) is 237 Å². The fourth-order valence-corrected chi connectivity index (χ4v) is 12.4. The van der Waals surface area contributed by atoms with Crippen LogP contribution in [0.15, 0.2) is 0 Å². The van der Waals surface area contributed by atoms with Gasteiger partial charge in [0.05, 0.1) is 26.4 Å². The summed E-state index contributed by atoms with van der Waals surface area (Å²) in [7, 11) is -9.89. The number of carbonyl (C=O) groups is 4. The van der Waals surface area contributed by atoms with Crippen molar-refractivity contribution < 1.29 is 80.2 Å². The zero-order valence-electron chi connectivity index (χ0n) is 59.3. The molecule has 0 heterocycles. The number of esters is 4. The van der Waals surface area contributed by atoms with E-state index in [2.05, 4.69) is 48.5 Å². The van der Waals surface area contributed by atoms with Crippen molar-refractivity contribution >= 4 is 39.5 Å². The van der Waals surface area contributed by atoms with E-state index >= 15 is 0 Å². The third-order valence-corrected chi connectivity index (χ3v) is 19.3. The first-order valence-corrected chi connectivity index (χ1v) is 40.4. The number of unbranched alkanes of at least 4 members (excludes halogenated alkanes) is 36. The second kappa shape index (κ2) is 62.8. The normalized spacial score (nSPS) is 14.8. The third-order valence-electron chi connectivity index (χ3n) is 17.4. The molecule has 0 rings (SSSR count). The molecule has 0 bridgehead atoms. The first kappa shape index (κ1) is 89.1. The van der Waals surface area contributed by atoms with Gasteiger partial charge in [-0.25, -0.2) is 9.13 Å². The monoisotopic (exact) mass is 1340 g/mol. The number of aliphatic hydroxyl groups excluding tert-OH is 1. The average Bonchev–Trinajstić information content (AvgIpc) is 3.19. The average molecular weight is 1340 g/mol. The van der Waals surface area contributed by atoms with Gasteiger partial charge in [-0.3, -0.25) is 37.3 Å². The van der Waals surface area contributed by atoms with E-state index in [0.29, 0.717) is 25.7 Å². The fraction of sp³-hybridized carbons (Fsp3) is 0.944. The van der Waals surface area contributed by atoms with Gasteiger partial charge in [0.15, 0.2) is 12.2 Å². The standard InChI is InChI=1S/C72H140O17P2/c1-8-11-12-36-46-53-69(74)82-59-67(89-72(77)56-49-42-35-34-39-45-52-65(7)10-3)61-86-90(78,79)84-57-66(73)58-85-91(80,81)87-62-68(88-71(76)55-48-41-33-29-25-21-15-13-14-18-22-26-30-37-43-50-63(4)5)60-83-70(75)54-47-40-32-28-24-20-17-16-19-23-27-31-38-44-51-64(6)9-2/h63-68,73H,8-62H2,1-7H3,(H,78,79)(H,80,81)/t64?,65?,66-,67+,68+/m0/s1. The first-order chi connectivity index (χ1) is 43.8. The highest BCUT2D eigenvalue weighted by Gasteiger charge is 2.30. The van der Waals surface area contributed by atoms with Crippen molar-refractivity contribution in [3.8, 4) is 0 Å². The van der Waals surface area contributed by atoms with Gasteiger partial charge >= 0.3 is 39.5 Å². The lowest BCUT2D eigenvalue weighted by molar-refractivity contribution is -0.161. The maximum absolute atomic E-state index is 13.0. The van der Waals surface area contributed by atoms with Crippen molar-refractivity contribution in [1.82, 2.24) is 0 Å². The zero-order valence-corrected chi connectivity index (χ0v) is 61.1. The minimum absolute atomic E-state index is 0.102. The number of ether oxygens (including phenoxy) is 4. The summed E-state index contributed by atoms with van der Waals surface area (Å²) in [5.41, 5.74) is 0. The second-order valence-electron chi connectivity index (χ2n) is 26.9. The van der Waals surface area contributed by atoms with Crippen LogP contribution in [0.1, 0.15) is 363 Å². The molecule has 19 heteroatoms. The van der Waals surface area contributed by atoms with Crippen molar-refractivity contribution in [2.24, 2.45) is 17.8 Å². The summed E-state index contributed by atoms with van der Waals surface area (Å²) in [5, 5.41) is 10.6. The quantitative estimate of drug-likeness (QED) is 0.0222. The van der Waals surface area contributed by atoms with Gasteiger partial charge in [-0.1, -0.05) is 312 Å². The number of phosphoric acid groups is 2. The molecule has 3 N–H and O–H groups in total. The van der Waals surface area contributed by atoms with E-state index in [1.807, 2.05) is 0 Å². The van der Waals surface area contributed by atoms with Crippen LogP contribution >= 0.6 is 15.6 Å². The molecule has 91 heavy (non-hydrogen) atoms. The van der Waals surface area contributed by atoms with Crippen LogP contribution < -0.4 is 0 Å². The predicted molar refractivity (Wildman–Crippen MR) is 368 cm³/mol. The number of hydrogen-bond donors (Lipinski definition) is 3. The summed E-state index contributed by atoms with van der Waals surface area (Å²) in [6, 6.07) is 0. The van der Waals surface area contributed by atoms with Crippen molar-refractivity contribution in [2.75, 3.05) is 39.6 Å². The van der Waals surface area contributed by atoms with Gasteiger partial charge < -0.3 is 33.8 Å². The van der Waals surface area contributed by atoms with E-state index in [4.69, 9.17) is 37.0 Å². The van der Waals surface area contributed by atoms with E-state index in [-0.39, 0.29) is 25.7 Å². The maximum atomic E-state index is 13.0. The predicted octanol–water partition coefficient (Wildman–Crippen LogP) is 20.6. The number of phosphoric ester groups is 2. The van der Waals surface area contributed by atoms with E-state index in [1.165, 1.54) is 167 Å². The molecule has 0 aromatic heterocycles. The lowest BCUT2D eigenvalue weighted by Gasteiger charge is -2.21. The van der Waals surface area contributed by atoms with Gasteiger partial charge in [-0.15, -0.1) is 0 Å². The number of carbonyl (C=O) groups excluding carboxylic acids is 4. The van der Waals surface area contributed by atoms with Crippen molar-refractivity contribution in [1.29, 1.82) is 0 Å². The van der Waals surface area contributed by atoms with E-state index in [1.54, 1.807) is 0 Å². The smallest absolute Gasteiger partial charge is 0.462 e. The number of rotatable bonds is 70. The van der Waals surface area contributed by atoms with Gasteiger partial charge in [0.2, 0.25) is 0 Å².